The van der Waals surface area contributed by atoms with Crippen molar-refractivity contribution in [1.29, 1.82) is 0 Å². The van der Waals surface area contributed by atoms with Gasteiger partial charge in [0, 0.05) is 13.0 Å². The first-order chi connectivity index (χ1) is 26.0. The Balaban J connectivity index is 4.33. The minimum atomic E-state index is -0.438. The van der Waals surface area contributed by atoms with E-state index in [9.17, 15) is 14.7 Å². The molecule has 0 aromatic carbocycles. The van der Waals surface area contributed by atoms with E-state index in [1.165, 1.54) is 109 Å². The van der Waals surface area contributed by atoms with Crippen LogP contribution in [0.25, 0.3) is 0 Å². The van der Waals surface area contributed by atoms with E-state index in [0.29, 0.717) is 13.0 Å². The number of rotatable bonds is 41. The smallest absolute Gasteiger partial charge is 0.311 e. The second kappa shape index (κ2) is 36.2. The number of ether oxygens (including phenoxy) is 2. The molecule has 0 rings (SSSR count). The van der Waals surface area contributed by atoms with Crippen LogP contribution in [-0.4, -0.2) is 60.9 Å². The topological polar surface area (TPSA) is 76.1 Å². The van der Waals surface area contributed by atoms with Gasteiger partial charge in [0.2, 0.25) is 0 Å². The summed E-state index contributed by atoms with van der Waals surface area (Å²) in [7, 11) is 0. The maximum atomic E-state index is 13.4. The maximum absolute atomic E-state index is 13.4. The van der Waals surface area contributed by atoms with Crippen molar-refractivity contribution in [2.75, 3.05) is 32.8 Å². The summed E-state index contributed by atoms with van der Waals surface area (Å²) >= 11 is 0. The number of carbonyl (C=O) groups excluding carboxylic acids is 2. The SMILES string of the molecule is CCCCCCCCCC(=O)OCC(C)(C)CCCCCN(CCO)CCCCCCC(C)(C)C(=O)OC(CCCCCCCC)CCCCCCCC. The predicted molar refractivity (Wildman–Crippen MR) is 232 cm³/mol. The molecule has 0 aliphatic heterocycles. The highest BCUT2D eigenvalue weighted by atomic mass is 16.5. The minimum Gasteiger partial charge on any atom is -0.465 e. The number of nitrogens with zero attached hydrogens (tertiary/aromatic N) is 1. The van der Waals surface area contributed by atoms with Gasteiger partial charge < -0.3 is 19.5 Å². The third kappa shape index (κ3) is 33.0. The molecular formula is C48H95NO5. The van der Waals surface area contributed by atoms with Crippen molar-refractivity contribution in [3.63, 3.8) is 0 Å². The number of unbranched alkanes of at least 4 members (excludes halogenated alkanes) is 21. The van der Waals surface area contributed by atoms with Crippen LogP contribution in [0, 0.1) is 10.8 Å². The average molecular weight is 766 g/mol. The van der Waals surface area contributed by atoms with Gasteiger partial charge in [-0.3, -0.25) is 9.59 Å². The Bertz CT molecular complexity index is 827. The molecule has 0 aliphatic carbocycles. The fourth-order valence-corrected chi connectivity index (χ4v) is 7.47. The molecule has 0 unspecified atom stereocenters. The summed E-state index contributed by atoms with van der Waals surface area (Å²) in [4.78, 5) is 28.0. The highest BCUT2D eigenvalue weighted by molar-refractivity contribution is 5.76. The molecule has 0 spiro atoms. The van der Waals surface area contributed by atoms with Crippen molar-refractivity contribution in [2.24, 2.45) is 10.8 Å². The molecule has 0 aromatic heterocycles. The van der Waals surface area contributed by atoms with E-state index in [1.807, 2.05) is 0 Å². The van der Waals surface area contributed by atoms with E-state index in [1.54, 1.807) is 0 Å². The van der Waals surface area contributed by atoms with Crippen LogP contribution in [0.2, 0.25) is 0 Å². The second-order valence-electron chi connectivity index (χ2n) is 18.3. The van der Waals surface area contributed by atoms with Gasteiger partial charge >= 0.3 is 11.9 Å². The molecule has 6 nitrogen and oxygen atoms in total. The Labute approximate surface area is 337 Å². The molecule has 0 aliphatic rings. The quantitative estimate of drug-likeness (QED) is 0.0493. The van der Waals surface area contributed by atoms with E-state index in [-0.39, 0.29) is 30.1 Å². The van der Waals surface area contributed by atoms with Crippen LogP contribution < -0.4 is 0 Å². The molecule has 0 heterocycles. The number of aliphatic hydroxyl groups excluding tert-OH is 1. The molecule has 0 aromatic rings. The Morgan fingerprint density at radius 1 is 0.537 bits per heavy atom. The Hall–Kier alpha value is -1.14. The van der Waals surface area contributed by atoms with Crippen molar-refractivity contribution in [3.8, 4) is 0 Å². The predicted octanol–water partition coefficient (Wildman–Crippen LogP) is 13.9. The standard InChI is InChI=1S/C48H95NO5/c1-8-11-14-17-20-23-29-36-45(51)53-43-47(4,5)37-30-26-33-40-49(41-42-50)39-32-25-24-31-38-48(6,7)46(52)54-44(34-27-21-18-15-12-9-2)35-28-22-19-16-13-10-3/h44,50H,8-43H2,1-7H3. The second-order valence-corrected chi connectivity index (χ2v) is 18.3. The Kier molecular flexibility index (Phi) is 35.5. The van der Waals surface area contributed by atoms with Gasteiger partial charge in [0.15, 0.2) is 0 Å². The van der Waals surface area contributed by atoms with Gasteiger partial charge in [0.1, 0.15) is 6.10 Å². The lowest BCUT2D eigenvalue weighted by molar-refractivity contribution is -0.161. The van der Waals surface area contributed by atoms with Gasteiger partial charge in [-0.05, 0) is 90.1 Å². The molecule has 0 fully saturated rings. The average Bonchev–Trinajstić information content (AvgIpc) is 3.14. The molecule has 0 bridgehead atoms. The molecule has 0 amide bonds. The van der Waals surface area contributed by atoms with Crippen LogP contribution in [0.1, 0.15) is 248 Å². The molecule has 54 heavy (non-hydrogen) atoms. The summed E-state index contributed by atoms with van der Waals surface area (Å²) in [5.41, 5.74) is -0.429. The molecule has 1 N–H and O–H groups in total. The summed E-state index contributed by atoms with van der Waals surface area (Å²) in [6, 6.07) is 0. The van der Waals surface area contributed by atoms with Crippen LogP contribution in [0.3, 0.4) is 0 Å². The van der Waals surface area contributed by atoms with E-state index >= 15 is 0 Å². The van der Waals surface area contributed by atoms with Crippen molar-refractivity contribution < 1.29 is 24.2 Å². The summed E-state index contributed by atoms with van der Waals surface area (Å²) in [5, 5.41) is 9.66. The normalized spacial score (nSPS) is 12.3. The zero-order chi connectivity index (χ0) is 40.2. The number of hydrogen-bond acceptors (Lipinski definition) is 6. The summed E-state index contributed by atoms with van der Waals surface area (Å²) in [5.74, 6) is -0.0365. The molecular weight excluding hydrogens is 671 g/mol. The third-order valence-electron chi connectivity index (χ3n) is 11.5. The van der Waals surface area contributed by atoms with E-state index < -0.39 is 5.41 Å². The zero-order valence-electron chi connectivity index (χ0n) is 37.6. The summed E-state index contributed by atoms with van der Waals surface area (Å²) < 4.78 is 11.9. The van der Waals surface area contributed by atoms with Gasteiger partial charge in [-0.25, -0.2) is 0 Å². The van der Waals surface area contributed by atoms with Crippen molar-refractivity contribution in [1.82, 2.24) is 4.90 Å². The van der Waals surface area contributed by atoms with Gasteiger partial charge in [-0.2, -0.15) is 0 Å². The minimum absolute atomic E-state index is 0.00166. The van der Waals surface area contributed by atoms with Crippen LogP contribution >= 0.6 is 0 Å². The summed E-state index contributed by atoms with van der Waals surface area (Å²) in [6.07, 6.45) is 36.2. The lowest BCUT2D eigenvalue weighted by Crippen LogP contribution is -2.31. The van der Waals surface area contributed by atoms with Gasteiger partial charge in [0.05, 0.1) is 18.6 Å². The number of aliphatic hydroxyl groups is 1. The van der Waals surface area contributed by atoms with Crippen molar-refractivity contribution in [3.05, 3.63) is 0 Å². The largest absolute Gasteiger partial charge is 0.465 e. The van der Waals surface area contributed by atoms with Gasteiger partial charge in [-0.1, -0.05) is 169 Å². The highest BCUT2D eigenvalue weighted by Gasteiger charge is 2.31. The Morgan fingerprint density at radius 2 is 0.963 bits per heavy atom. The fourth-order valence-electron chi connectivity index (χ4n) is 7.47. The first kappa shape index (κ1) is 52.9. The first-order valence-electron chi connectivity index (χ1n) is 23.7. The molecule has 6 heteroatoms. The third-order valence-corrected chi connectivity index (χ3v) is 11.5. The lowest BCUT2D eigenvalue weighted by atomic mass is 9.86. The van der Waals surface area contributed by atoms with Crippen LogP contribution in [0.15, 0.2) is 0 Å². The van der Waals surface area contributed by atoms with E-state index in [2.05, 4.69) is 53.4 Å². The number of esters is 2. The van der Waals surface area contributed by atoms with Crippen LogP contribution in [0.4, 0.5) is 0 Å². The maximum Gasteiger partial charge on any atom is 0.311 e. The Morgan fingerprint density at radius 3 is 1.48 bits per heavy atom. The number of hydrogen-bond donors (Lipinski definition) is 1. The molecule has 322 valence electrons. The monoisotopic (exact) mass is 766 g/mol. The van der Waals surface area contributed by atoms with Crippen LogP contribution in [-0.2, 0) is 19.1 Å². The van der Waals surface area contributed by atoms with Gasteiger partial charge in [0.25, 0.3) is 0 Å². The van der Waals surface area contributed by atoms with E-state index in [0.717, 1.165) is 103 Å². The zero-order valence-corrected chi connectivity index (χ0v) is 37.6. The van der Waals surface area contributed by atoms with Gasteiger partial charge in [-0.15, -0.1) is 0 Å². The van der Waals surface area contributed by atoms with E-state index in [4.69, 9.17) is 9.47 Å². The first-order valence-corrected chi connectivity index (χ1v) is 23.7. The van der Waals surface area contributed by atoms with Crippen molar-refractivity contribution in [2.45, 2.75) is 254 Å². The highest BCUT2D eigenvalue weighted by Crippen LogP contribution is 2.29. The van der Waals surface area contributed by atoms with Crippen LogP contribution in [0.5, 0.6) is 0 Å². The molecule has 0 saturated carbocycles. The molecule has 0 atom stereocenters. The lowest BCUT2D eigenvalue weighted by Gasteiger charge is -2.27. The molecule has 0 radical (unpaired) electrons. The fraction of sp³-hybridized carbons (Fsp3) is 0.958. The molecule has 0 saturated heterocycles. The number of carbonyl (C=O) groups is 2. The summed E-state index contributed by atoms with van der Waals surface area (Å²) in [6.45, 7) is 18.8. The van der Waals surface area contributed by atoms with Crippen molar-refractivity contribution >= 4 is 11.9 Å².